The van der Waals surface area contributed by atoms with Crippen molar-refractivity contribution in [2.45, 2.75) is 37.6 Å². The summed E-state index contributed by atoms with van der Waals surface area (Å²) in [5.41, 5.74) is -0.192. The third-order valence-corrected chi connectivity index (χ3v) is 4.08. The highest BCUT2D eigenvalue weighted by Gasteiger charge is 2.34. The maximum Gasteiger partial charge on any atom is 0.416 e. The summed E-state index contributed by atoms with van der Waals surface area (Å²) in [6.45, 7) is -3.37. The summed E-state index contributed by atoms with van der Waals surface area (Å²) in [7, 11) is 0. The first-order valence-electron chi connectivity index (χ1n) is 7.25. The van der Waals surface area contributed by atoms with Crippen molar-refractivity contribution in [1.29, 1.82) is 0 Å². The second-order valence-electron chi connectivity index (χ2n) is 5.58. The fraction of sp³-hybridized carbons (Fsp3) is 0.533. The average Bonchev–Trinajstić information content (AvgIpc) is 2.52. The van der Waals surface area contributed by atoms with E-state index in [9.17, 15) is 31.9 Å². The van der Waals surface area contributed by atoms with E-state index >= 15 is 0 Å². The lowest BCUT2D eigenvalue weighted by Crippen LogP contribution is -2.48. The maximum absolute atomic E-state index is 12.6. The molecule has 134 valence electrons. The predicted octanol–water partition coefficient (Wildman–Crippen LogP) is 4.17. The summed E-state index contributed by atoms with van der Waals surface area (Å²) in [4.78, 5) is 12.3. The van der Waals surface area contributed by atoms with Gasteiger partial charge in [0.05, 0.1) is 18.2 Å². The van der Waals surface area contributed by atoms with Crippen LogP contribution in [0.4, 0.5) is 26.7 Å². The Labute approximate surface area is 134 Å². The Morgan fingerprint density at radius 3 is 2.38 bits per heavy atom. The third kappa shape index (κ3) is 4.56. The monoisotopic (exact) mass is 353 g/mol. The van der Waals surface area contributed by atoms with Gasteiger partial charge in [-0.15, -0.1) is 0 Å². The number of piperidine rings is 1. The summed E-state index contributed by atoms with van der Waals surface area (Å²) in [6, 6.07) is 3.86. The normalized spacial score (nSPS) is 22.0. The number of carboxylic acid groups (broad SMARTS) is 1. The molecule has 0 aromatic heterocycles. The molecule has 1 aliphatic rings. The van der Waals surface area contributed by atoms with Crippen LogP contribution < -0.4 is 0 Å². The van der Waals surface area contributed by atoms with Crippen molar-refractivity contribution in [2.75, 3.05) is 13.2 Å². The molecule has 1 aliphatic heterocycles. The van der Waals surface area contributed by atoms with Gasteiger partial charge in [-0.3, -0.25) is 0 Å². The van der Waals surface area contributed by atoms with Crippen LogP contribution in [0, 0.1) is 0 Å². The number of likely N-dealkylation sites (tertiary alicyclic amines) is 1. The van der Waals surface area contributed by atoms with Crippen LogP contribution in [0.5, 0.6) is 0 Å². The van der Waals surface area contributed by atoms with Crippen LogP contribution >= 0.6 is 0 Å². The smallest absolute Gasteiger partial charge is 0.416 e. The standard InChI is InChI=1S/C15H16F5NO3/c16-13(17)24-8-12-6-3-10(7-21(12)14(22)23)9-1-4-11(5-2-9)15(18,19)20/h1-2,4-5,10,12-13H,3,6-8H2,(H,22,23)/t10?,12-/m0/s1. The van der Waals surface area contributed by atoms with E-state index in [-0.39, 0.29) is 12.5 Å². The SMILES string of the molecule is O=C(O)N1CC(c2ccc(C(F)(F)F)cc2)CC[C@H]1COC(F)F. The first-order chi connectivity index (χ1) is 11.2. The molecule has 1 aromatic carbocycles. The Balaban J connectivity index is 2.07. The van der Waals surface area contributed by atoms with E-state index in [0.29, 0.717) is 18.4 Å². The van der Waals surface area contributed by atoms with Gasteiger partial charge in [0.2, 0.25) is 0 Å². The number of benzene rings is 1. The minimum Gasteiger partial charge on any atom is -0.465 e. The van der Waals surface area contributed by atoms with Gasteiger partial charge in [0.15, 0.2) is 0 Å². The summed E-state index contributed by atoms with van der Waals surface area (Å²) in [5.74, 6) is -0.286. The molecule has 4 nitrogen and oxygen atoms in total. The highest BCUT2D eigenvalue weighted by Crippen LogP contribution is 2.33. The Morgan fingerprint density at radius 1 is 1.25 bits per heavy atom. The van der Waals surface area contributed by atoms with Gasteiger partial charge in [-0.05, 0) is 30.5 Å². The molecule has 0 spiro atoms. The summed E-state index contributed by atoms with van der Waals surface area (Å²) in [5, 5.41) is 9.22. The van der Waals surface area contributed by atoms with Gasteiger partial charge in [0.1, 0.15) is 0 Å². The van der Waals surface area contributed by atoms with Gasteiger partial charge in [-0.25, -0.2) is 4.79 Å². The van der Waals surface area contributed by atoms with E-state index in [1.54, 1.807) is 0 Å². The zero-order valence-electron chi connectivity index (χ0n) is 12.5. The minimum absolute atomic E-state index is 0.0258. The van der Waals surface area contributed by atoms with Crippen molar-refractivity contribution in [1.82, 2.24) is 4.90 Å². The highest BCUT2D eigenvalue weighted by atomic mass is 19.4. The quantitative estimate of drug-likeness (QED) is 0.827. The molecule has 1 N–H and O–H groups in total. The number of nitrogens with zero attached hydrogens (tertiary/aromatic N) is 1. The molecule has 2 rings (SSSR count). The molecular formula is C15H16F5NO3. The molecule has 9 heteroatoms. The van der Waals surface area contributed by atoms with Crippen LogP contribution in [0.15, 0.2) is 24.3 Å². The van der Waals surface area contributed by atoms with Crippen molar-refractivity contribution >= 4 is 6.09 Å². The number of amides is 1. The van der Waals surface area contributed by atoms with Crippen molar-refractivity contribution in [3.05, 3.63) is 35.4 Å². The molecule has 24 heavy (non-hydrogen) atoms. The first-order valence-corrected chi connectivity index (χ1v) is 7.25. The lowest BCUT2D eigenvalue weighted by Gasteiger charge is -2.38. The molecular weight excluding hydrogens is 337 g/mol. The fourth-order valence-electron chi connectivity index (χ4n) is 2.83. The molecule has 1 saturated heterocycles. The number of hydrogen-bond acceptors (Lipinski definition) is 2. The number of ether oxygens (including phenoxy) is 1. The number of halogens is 5. The molecule has 2 atom stereocenters. The molecule has 0 bridgehead atoms. The molecule has 0 radical (unpaired) electrons. The molecule has 0 saturated carbocycles. The van der Waals surface area contributed by atoms with Crippen molar-refractivity contribution < 1.29 is 36.6 Å². The van der Waals surface area contributed by atoms with Crippen molar-refractivity contribution in [2.24, 2.45) is 0 Å². The van der Waals surface area contributed by atoms with E-state index in [4.69, 9.17) is 0 Å². The Morgan fingerprint density at radius 2 is 1.88 bits per heavy atom. The average molecular weight is 353 g/mol. The summed E-state index contributed by atoms with van der Waals surface area (Å²) in [6.07, 6.45) is -4.93. The van der Waals surface area contributed by atoms with Crippen LogP contribution in [0.3, 0.4) is 0 Å². The molecule has 1 amide bonds. The second-order valence-corrected chi connectivity index (χ2v) is 5.58. The van der Waals surface area contributed by atoms with Gasteiger partial charge in [-0.1, -0.05) is 12.1 Å². The van der Waals surface area contributed by atoms with E-state index in [0.717, 1.165) is 17.0 Å². The minimum atomic E-state index is -4.43. The van der Waals surface area contributed by atoms with Gasteiger partial charge in [0, 0.05) is 12.5 Å². The molecule has 1 fully saturated rings. The molecule has 1 aromatic rings. The maximum atomic E-state index is 12.6. The molecule has 0 aliphatic carbocycles. The topological polar surface area (TPSA) is 49.8 Å². The Hall–Kier alpha value is -1.90. The van der Waals surface area contributed by atoms with E-state index in [1.165, 1.54) is 12.1 Å². The number of rotatable bonds is 4. The van der Waals surface area contributed by atoms with Crippen molar-refractivity contribution in [3.8, 4) is 0 Å². The van der Waals surface area contributed by atoms with Crippen LogP contribution in [0.25, 0.3) is 0 Å². The Kier molecular flexibility index (Phi) is 5.63. The van der Waals surface area contributed by atoms with Crippen LogP contribution in [0.1, 0.15) is 29.9 Å². The summed E-state index contributed by atoms with van der Waals surface area (Å²) < 4.78 is 66.1. The lowest BCUT2D eigenvalue weighted by molar-refractivity contribution is -0.142. The van der Waals surface area contributed by atoms with E-state index < -0.39 is 37.1 Å². The first kappa shape index (κ1) is 18.4. The molecule has 1 unspecified atom stereocenters. The zero-order valence-corrected chi connectivity index (χ0v) is 12.5. The summed E-state index contributed by atoms with van der Waals surface area (Å²) >= 11 is 0. The second kappa shape index (κ2) is 7.33. The number of carbonyl (C=O) groups is 1. The number of hydrogen-bond donors (Lipinski definition) is 1. The van der Waals surface area contributed by atoms with Gasteiger partial charge in [-0.2, -0.15) is 22.0 Å². The van der Waals surface area contributed by atoms with E-state index in [2.05, 4.69) is 4.74 Å². The van der Waals surface area contributed by atoms with Gasteiger partial charge >= 0.3 is 18.9 Å². The van der Waals surface area contributed by atoms with Crippen molar-refractivity contribution in [3.63, 3.8) is 0 Å². The fourth-order valence-corrected chi connectivity index (χ4v) is 2.83. The molecule has 1 heterocycles. The van der Waals surface area contributed by atoms with Crippen LogP contribution in [-0.4, -0.2) is 41.9 Å². The lowest BCUT2D eigenvalue weighted by atomic mass is 9.87. The van der Waals surface area contributed by atoms with Gasteiger partial charge in [0.25, 0.3) is 0 Å². The highest BCUT2D eigenvalue weighted by molar-refractivity contribution is 5.65. The number of alkyl halides is 5. The van der Waals surface area contributed by atoms with Crippen LogP contribution in [0.2, 0.25) is 0 Å². The van der Waals surface area contributed by atoms with Crippen LogP contribution in [-0.2, 0) is 10.9 Å². The van der Waals surface area contributed by atoms with E-state index in [1.807, 2.05) is 0 Å². The zero-order chi connectivity index (χ0) is 17.9. The third-order valence-electron chi connectivity index (χ3n) is 4.08. The largest absolute Gasteiger partial charge is 0.465 e. The Bertz CT molecular complexity index is 561. The van der Waals surface area contributed by atoms with Gasteiger partial charge < -0.3 is 14.7 Å². The predicted molar refractivity (Wildman–Crippen MR) is 73.9 cm³/mol.